The SMILES string of the molecule is CC1CC(Nc2ccnc(CC3CCNCC3)n2)NN1. The molecule has 0 amide bonds. The van der Waals surface area contributed by atoms with Gasteiger partial charge in [-0.1, -0.05) is 0 Å². The lowest BCUT2D eigenvalue weighted by molar-refractivity contribution is 0.367. The molecule has 2 unspecified atom stereocenters. The quantitative estimate of drug-likeness (QED) is 0.647. The van der Waals surface area contributed by atoms with Gasteiger partial charge in [-0.15, -0.1) is 0 Å². The van der Waals surface area contributed by atoms with E-state index < -0.39 is 0 Å². The third-order valence-corrected chi connectivity index (χ3v) is 4.05. The number of anilines is 1. The summed E-state index contributed by atoms with van der Waals surface area (Å²) in [7, 11) is 0. The number of piperidine rings is 1. The highest BCUT2D eigenvalue weighted by Crippen LogP contribution is 2.17. The van der Waals surface area contributed by atoms with Crippen molar-refractivity contribution in [3.8, 4) is 0 Å². The normalized spacial score (nSPS) is 27.6. The van der Waals surface area contributed by atoms with Crippen LogP contribution in [0, 0.1) is 5.92 Å². The van der Waals surface area contributed by atoms with E-state index in [-0.39, 0.29) is 6.17 Å². The second-order valence-electron chi connectivity index (χ2n) is 5.88. The fourth-order valence-electron chi connectivity index (χ4n) is 2.91. The molecule has 4 N–H and O–H groups in total. The predicted octanol–water partition coefficient (Wildman–Crippen LogP) is 0.643. The molecule has 3 rings (SSSR count). The average Bonchev–Trinajstić information content (AvgIpc) is 2.86. The molecule has 0 saturated carbocycles. The Bertz CT molecular complexity index is 409. The summed E-state index contributed by atoms with van der Waals surface area (Å²) in [4.78, 5) is 9.06. The number of hydrazine groups is 1. The molecule has 110 valence electrons. The van der Waals surface area contributed by atoms with Crippen molar-refractivity contribution in [1.82, 2.24) is 26.1 Å². The molecule has 0 spiro atoms. The van der Waals surface area contributed by atoms with E-state index in [0.29, 0.717) is 6.04 Å². The van der Waals surface area contributed by atoms with Gasteiger partial charge in [-0.25, -0.2) is 15.4 Å². The number of nitrogens with zero attached hydrogens (tertiary/aromatic N) is 2. The third-order valence-electron chi connectivity index (χ3n) is 4.05. The summed E-state index contributed by atoms with van der Waals surface area (Å²) in [5, 5.41) is 6.81. The molecule has 1 aromatic rings. The molecule has 1 aromatic heterocycles. The highest BCUT2D eigenvalue weighted by atomic mass is 15.5. The van der Waals surface area contributed by atoms with E-state index in [0.717, 1.165) is 43.5 Å². The van der Waals surface area contributed by atoms with Gasteiger partial charge in [-0.05, 0) is 51.3 Å². The summed E-state index contributed by atoms with van der Waals surface area (Å²) < 4.78 is 0. The molecule has 6 heteroatoms. The maximum absolute atomic E-state index is 4.64. The number of hydrogen-bond acceptors (Lipinski definition) is 6. The Morgan fingerprint density at radius 3 is 2.90 bits per heavy atom. The van der Waals surface area contributed by atoms with E-state index in [4.69, 9.17) is 0 Å². The van der Waals surface area contributed by atoms with Gasteiger partial charge in [0.15, 0.2) is 0 Å². The topological polar surface area (TPSA) is 73.9 Å². The van der Waals surface area contributed by atoms with Crippen LogP contribution in [0.25, 0.3) is 0 Å². The van der Waals surface area contributed by atoms with Crippen LogP contribution in [0.3, 0.4) is 0 Å². The van der Waals surface area contributed by atoms with Crippen LogP contribution >= 0.6 is 0 Å². The lowest BCUT2D eigenvalue weighted by Gasteiger charge is -2.22. The number of nitrogens with one attached hydrogen (secondary N) is 4. The zero-order valence-corrected chi connectivity index (χ0v) is 12.0. The molecule has 20 heavy (non-hydrogen) atoms. The Balaban J connectivity index is 1.57. The summed E-state index contributed by atoms with van der Waals surface area (Å²) in [6.45, 7) is 4.41. The van der Waals surface area contributed by atoms with Gasteiger partial charge in [0.1, 0.15) is 11.6 Å². The van der Waals surface area contributed by atoms with Crippen LogP contribution in [0.5, 0.6) is 0 Å². The summed E-state index contributed by atoms with van der Waals surface area (Å²) in [6, 6.07) is 2.43. The van der Waals surface area contributed by atoms with E-state index in [1.807, 2.05) is 12.3 Å². The van der Waals surface area contributed by atoms with Crippen LogP contribution in [0.1, 0.15) is 32.0 Å². The van der Waals surface area contributed by atoms with Gasteiger partial charge in [0.25, 0.3) is 0 Å². The van der Waals surface area contributed by atoms with E-state index in [2.05, 4.69) is 38.4 Å². The molecule has 2 fully saturated rings. The first-order valence-electron chi connectivity index (χ1n) is 7.60. The van der Waals surface area contributed by atoms with Crippen LogP contribution in [0.4, 0.5) is 5.82 Å². The standard InChI is InChI=1S/C14H24N6/c1-10-8-14(20-19-10)18-12-4-7-16-13(17-12)9-11-2-5-15-6-3-11/h4,7,10-11,14-15,19-20H,2-3,5-6,8-9H2,1H3,(H,16,17,18). The molecule has 0 radical (unpaired) electrons. The Labute approximate surface area is 120 Å². The molecule has 2 aliphatic heterocycles. The Kier molecular flexibility index (Phi) is 4.44. The predicted molar refractivity (Wildman–Crippen MR) is 79.1 cm³/mol. The summed E-state index contributed by atoms with van der Waals surface area (Å²) in [5.74, 6) is 2.59. The first-order valence-corrected chi connectivity index (χ1v) is 7.60. The van der Waals surface area contributed by atoms with Crippen LogP contribution in [0.15, 0.2) is 12.3 Å². The molecule has 6 nitrogen and oxygen atoms in total. The van der Waals surface area contributed by atoms with Crippen molar-refractivity contribution in [3.05, 3.63) is 18.1 Å². The minimum Gasteiger partial charge on any atom is -0.353 e. The van der Waals surface area contributed by atoms with E-state index in [9.17, 15) is 0 Å². The van der Waals surface area contributed by atoms with Crippen molar-refractivity contribution < 1.29 is 0 Å². The minimum atomic E-state index is 0.242. The van der Waals surface area contributed by atoms with Gasteiger partial charge in [0.2, 0.25) is 0 Å². The van der Waals surface area contributed by atoms with Gasteiger partial charge in [-0.2, -0.15) is 0 Å². The van der Waals surface area contributed by atoms with Gasteiger partial charge >= 0.3 is 0 Å². The molecule has 2 atom stereocenters. The smallest absolute Gasteiger partial charge is 0.130 e. The van der Waals surface area contributed by atoms with E-state index in [1.165, 1.54) is 12.8 Å². The van der Waals surface area contributed by atoms with Crippen molar-refractivity contribution in [3.63, 3.8) is 0 Å². The molecule has 2 saturated heterocycles. The monoisotopic (exact) mass is 276 g/mol. The molecular formula is C14H24N6. The van der Waals surface area contributed by atoms with Crippen molar-refractivity contribution in [2.75, 3.05) is 18.4 Å². The van der Waals surface area contributed by atoms with Crippen molar-refractivity contribution >= 4 is 5.82 Å². The average molecular weight is 276 g/mol. The van der Waals surface area contributed by atoms with Gasteiger partial charge in [0.05, 0.1) is 6.17 Å². The zero-order valence-electron chi connectivity index (χ0n) is 12.0. The Morgan fingerprint density at radius 1 is 1.30 bits per heavy atom. The number of aromatic nitrogens is 2. The number of rotatable bonds is 4. The lowest BCUT2D eigenvalue weighted by Crippen LogP contribution is -2.36. The maximum atomic E-state index is 4.64. The highest BCUT2D eigenvalue weighted by Gasteiger charge is 2.20. The molecule has 3 heterocycles. The molecular weight excluding hydrogens is 252 g/mol. The second kappa shape index (κ2) is 6.47. The van der Waals surface area contributed by atoms with E-state index >= 15 is 0 Å². The van der Waals surface area contributed by atoms with Crippen LogP contribution in [0.2, 0.25) is 0 Å². The second-order valence-corrected chi connectivity index (χ2v) is 5.88. The highest BCUT2D eigenvalue weighted by molar-refractivity contribution is 5.34. The summed E-state index contributed by atoms with van der Waals surface area (Å²) in [6.07, 6.45) is 6.60. The van der Waals surface area contributed by atoms with Crippen molar-refractivity contribution in [2.45, 2.75) is 44.8 Å². The lowest BCUT2D eigenvalue weighted by atomic mass is 9.94. The Hall–Kier alpha value is -1.24. The summed E-state index contributed by atoms with van der Waals surface area (Å²) in [5.41, 5.74) is 6.43. The van der Waals surface area contributed by atoms with Crippen molar-refractivity contribution in [1.29, 1.82) is 0 Å². The van der Waals surface area contributed by atoms with E-state index in [1.54, 1.807) is 0 Å². The van der Waals surface area contributed by atoms with Gasteiger partial charge in [0, 0.05) is 18.7 Å². The molecule has 0 bridgehead atoms. The van der Waals surface area contributed by atoms with Crippen molar-refractivity contribution in [2.24, 2.45) is 5.92 Å². The van der Waals surface area contributed by atoms with Gasteiger partial charge in [-0.3, -0.25) is 5.43 Å². The molecule has 0 aliphatic carbocycles. The Morgan fingerprint density at radius 2 is 2.15 bits per heavy atom. The van der Waals surface area contributed by atoms with Gasteiger partial charge < -0.3 is 10.6 Å². The first-order chi connectivity index (χ1) is 9.79. The fraction of sp³-hybridized carbons (Fsp3) is 0.714. The minimum absolute atomic E-state index is 0.242. The van der Waals surface area contributed by atoms with Crippen LogP contribution in [-0.4, -0.2) is 35.3 Å². The maximum Gasteiger partial charge on any atom is 0.130 e. The molecule has 0 aromatic carbocycles. The third kappa shape index (κ3) is 3.65. The number of hydrogen-bond donors (Lipinski definition) is 4. The molecule has 2 aliphatic rings. The summed E-state index contributed by atoms with van der Waals surface area (Å²) >= 11 is 0. The first kappa shape index (κ1) is 13.7. The fourth-order valence-corrected chi connectivity index (χ4v) is 2.91. The largest absolute Gasteiger partial charge is 0.353 e. The zero-order chi connectivity index (χ0) is 13.8. The van der Waals surface area contributed by atoms with Crippen LogP contribution < -0.4 is 21.5 Å². The van der Waals surface area contributed by atoms with Crippen LogP contribution in [-0.2, 0) is 6.42 Å².